The van der Waals surface area contributed by atoms with Gasteiger partial charge < -0.3 is 5.73 Å². The number of nitrogens with one attached hydrogen (secondary N) is 1. The van der Waals surface area contributed by atoms with E-state index in [1.165, 1.54) is 4.80 Å². The topological polar surface area (TPSA) is 116 Å². The summed E-state index contributed by atoms with van der Waals surface area (Å²) in [5.41, 5.74) is 7.04. The van der Waals surface area contributed by atoms with Gasteiger partial charge >= 0.3 is 0 Å². The Hall–Kier alpha value is -2.00. The van der Waals surface area contributed by atoms with Crippen LogP contribution in [0.25, 0.3) is 0 Å². The van der Waals surface area contributed by atoms with Crippen LogP contribution in [0.15, 0.2) is 24.3 Å². The Bertz CT molecular complexity index is 666. The molecule has 9 heteroatoms. The number of aromatic nitrogens is 4. The molecule has 0 spiro atoms. The average molecular weight is 282 g/mol. The SMILES string of the molecule is Cn1nnc(NS(=O)(=O)Cc2cccc(CN)c2)n1. The van der Waals surface area contributed by atoms with Crippen molar-refractivity contribution in [1.29, 1.82) is 0 Å². The van der Waals surface area contributed by atoms with Gasteiger partial charge in [-0.05, 0) is 16.3 Å². The Labute approximate surface area is 110 Å². The minimum absolute atomic E-state index is 0.0440. The number of anilines is 1. The van der Waals surface area contributed by atoms with Gasteiger partial charge in [0.1, 0.15) is 0 Å². The van der Waals surface area contributed by atoms with Crippen molar-refractivity contribution in [3.05, 3.63) is 35.4 Å². The van der Waals surface area contributed by atoms with E-state index in [4.69, 9.17) is 5.73 Å². The highest BCUT2D eigenvalue weighted by molar-refractivity contribution is 7.91. The Morgan fingerprint density at radius 2 is 2.11 bits per heavy atom. The molecule has 0 aliphatic rings. The van der Waals surface area contributed by atoms with Crippen LogP contribution >= 0.6 is 0 Å². The highest BCUT2D eigenvalue weighted by Crippen LogP contribution is 2.10. The number of sulfonamides is 1. The molecule has 1 aromatic carbocycles. The maximum absolute atomic E-state index is 11.9. The van der Waals surface area contributed by atoms with Crippen LogP contribution in [-0.2, 0) is 29.4 Å². The Morgan fingerprint density at radius 3 is 2.74 bits per heavy atom. The first-order chi connectivity index (χ1) is 8.98. The summed E-state index contributed by atoms with van der Waals surface area (Å²) in [4.78, 5) is 1.17. The van der Waals surface area contributed by atoms with Crippen LogP contribution in [0.3, 0.4) is 0 Å². The molecule has 2 rings (SSSR count). The van der Waals surface area contributed by atoms with Gasteiger partial charge in [-0.1, -0.05) is 29.4 Å². The van der Waals surface area contributed by atoms with Crippen molar-refractivity contribution in [2.45, 2.75) is 12.3 Å². The van der Waals surface area contributed by atoms with Crippen LogP contribution in [0.2, 0.25) is 0 Å². The summed E-state index contributed by atoms with van der Waals surface area (Å²) >= 11 is 0. The number of rotatable bonds is 5. The lowest BCUT2D eigenvalue weighted by atomic mass is 10.1. The average Bonchev–Trinajstić information content (AvgIpc) is 2.73. The summed E-state index contributed by atoms with van der Waals surface area (Å²) in [6.45, 7) is 0.368. The van der Waals surface area contributed by atoms with Crippen molar-refractivity contribution in [1.82, 2.24) is 20.2 Å². The van der Waals surface area contributed by atoms with Crippen LogP contribution in [0.1, 0.15) is 11.1 Å². The number of benzene rings is 1. The summed E-state index contributed by atoms with van der Waals surface area (Å²) < 4.78 is 26.1. The van der Waals surface area contributed by atoms with E-state index in [0.29, 0.717) is 12.1 Å². The molecule has 0 saturated carbocycles. The molecular weight excluding hydrogens is 268 g/mol. The van der Waals surface area contributed by atoms with E-state index in [1.54, 1.807) is 25.2 Å². The van der Waals surface area contributed by atoms with Crippen molar-refractivity contribution in [3.63, 3.8) is 0 Å². The number of nitrogens with two attached hydrogens (primary N) is 1. The van der Waals surface area contributed by atoms with Crippen molar-refractivity contribution >= 4 is 16.0 Å². The third-order valence-electron chi connectivity index (χ3n) is 2.34. The van der Waals surface area contributed by atoms with Gasteiger partial charge in [-0.25, -0.2) is 13.1 Å². The van der Waals surface area contributed by atoms with E-state index in [1.807, 2.05) is 6.07 Å². The summed E-state index contributed by atoms with van der Waals surface area (Å²) in [7, 11) is -2.02. The van der Waals surface area contributed by atoms with Gasteiger partial charge in [-0.3, -0.25) is 0 Å². The number of tetrazole rings is 1. The first-order valence-electron chi connectivity index (χ1n) is 5.51. The van der Waals surface area contributed by atoms with E-state index in [2.05, 4.69) is 20.1 Å². The largest absolute Gasteiger partial charge is 0.326 e. The second kappa shape index (κ2) is 5.33. The predicted octanol–water partition coefficient (Wildman–Crippen LogP) is -0.389. The van der Waals surface area contributed by atoms with Crippen LogP contribution in [0.5, 0.6) is 0 Å². The molecule has 0 aliphatic carbocycles. The standard InChI is InChI=1S/C10H14N6O2S/c1-16-13-10(12-15-16)14-19(17,18)7-9-4-2-3-8(5-9)6-11/h2-5H,6-7,11H2,1H3,(H,13,14). The van der Waals surface area contributed by atoms with Crippen LogP contribution in [0, 0.1) is 0 Å². The van der Waals surface area contributed by atoms with E-state index in [9.17, 15) is 8.42 Å². The third-order valence-corrected chi connectivity index (χ3v) is 3.55. The molecular formula is C10H14N6O2S. The quantitative estimate of drug-likeness (QED) is 0.771. The van der Waals surface area contributed by atoms with Crippen LogP contribution < -0.4 is 10.5 Å². The molecule has 0 radical (unpaired) electrons. The second-order valence-corrected chi connectivity index (χ2v) is 5.71. The van der Waals surface area contributed by atoms with Crippen molar-refractivity contribution in [2.75, 3.05) is 4.72 Å². The molecule has 0 bridgehead atoms. The third kappa shape index (κ3) is 3.73. The molecule has 0 unspecified atom stereocenters. The predicted molar refractivity (Wildman–Crippen MR) is 69.4 cm³/mol. The van der Waals surface area contributed by atoms with E-state index < -0.39 is 10.0 Å². The molecule has 8 nitrogen and oxygen atoms in total. The van der Waals surface area contributed by atoms with E-state index in [-0.39, 0.29) is 11.7 Å². The van der Waals surface area contributed by atoms with Gasteiger partial charge in [0, 0.05) is 6.54 Å². The maximum atomic E-state index is 11.9. The van der Waals surface area contributed by atoms with Gasteiger partial charge in [-0.15, -0.1) is 5.10 Å². The van der Waals surface area contributed by atoms with Crippen LogP contribution in [0.4, 0.5) is 5.95 Å². The molecule has 19 heavy (non-hydrogen) atoms. The first-order valence-corrected chi connectivity index (χ1v) is 7.16. The monoisotopic (exact) mass is 282 g/mol. The minimum Gasteiger partial charge on any atom is -0.326 e. The molecule has 0 amide bonds. The molecule has 0 fully saturated rings. The minimum atomic E-state index is -3.57. The zero-order valence-electron chi connectivity index (χ0n) is 10.3. The first kappa shape index (κ1) is 13.4. The van der Waals surface area contributed by atoms with Gasteiger partial charge in [-0.2, -0.15) is 4.80 Å². The molecule has 1 aromatic heterocycles. The second-order valence-electron chi connectivity index (χ2n) is 3.99. The number of aryl methyl sites for hydroxylation is 1. The Balaban J connectivity index is 2.12. The summed E-state index contributed by atoms with van der Waals surface area (Å²) in [5, 5.41) is 10.9. The molecule has 0 aliphatic heterocycles. The van der Waals surface area contributed by atoms with Crippen molar-refractivity contribution < 1.29 is 8.42 Å². The Kier molecular flexibility index (Phi) is 3.76. The molecule has 0 atom stereocenters. The smallest absolute Gasteiger partial charge is 0.276 e. The molecule has 1 heterocycles. The summed E-state index contributed by atoms with van der Waals surface area (Å²) in [6.07, 6.45) is 0. The van der Waals surface area contributed by atoms with E-state index >= 15 is 0 Å². The van der Waals surface area contributed by atoms with E-state index in [0.717, 1.165) is 5.56 Å². The number of hydrogen-bond acceptors (Lipinski definition) is 6. The highest BCUT2D eigenvalue weighted by Gasteiger charge is 2.14. The van der Waals surface area contributed by atoms with Crippen molar-refractivity contribution in [3.8, 4) is 0 Å². The zero-order chi connectivity index (χ0) is 13.9. The lowest BCUT2D eigenvalue weighted by Gasteiger charge is -2.05. The summed E-state index contributed by atoms with van der Waals surface area (Å²) in [5.74, 6) is -0.212. The van der Waals surface area contributed by atoms with Crippen LogP contribution in [-0.4, -0.2) is 28.6 Å². The molecule has 102 valence electrons. The normalized spacial score (nSPS) is 11.5. The summed E-state index contributed by atoms with van der Waals surface area (Å²) in [6, 6.07) is 7.09. The highest BCUT2D eigenvalue weighted by atomic mass is 32.2. The molecule has 0 saturated heterocycles. The molecule has 2 aromatic rings. The number of hydrogen-bond donors (Lipinski definition) is 2. The van der Waals surface area contributed by atoms with Gasteiger partial charge in [0.05, 0.1) is 12.8 Å². The van der Waals surface area contributed by atoms with Gasteiger partial charge in [0.15, 0.2) is 0 Å². The zero-order valence-corrected chi connectivity index (χ0v) is 11.1. The maximum Gasteiger partial charge on any atom is 0.276 e. The fraction of sp³-hybridized carbons (Fsp3) is 0.300. The lowest BCUT2D eigenvalue weighted by Crippen LogP contribution is -2.16. The van der Waals surface area contributed by atoms with Crippen molar-refractivity contribution in [2.24, 2.45) is 12.8 Å². The molecule has 3 N–H and O–H groups in total. The van der Waals surface area contributed by atoms with Gasteiger partial charge in [0.25, 0.3) is 5.95 Å². The fourth-order valence-corrected chi connectivity index (χ4v) is 2.62. The Morgan fingerprint density at radius 1 is 1.37 bits per heavy atom. The van der Waals surface area contributed by atoms with Gasteiger partial charge in [0.2, 0.25) is 10.0 Å². The fourth-order valence-electron chi connectivity index (χ4n) is 1.57. The number of nitrogens with zero attached hydrogens (tertiary/aromatic N) is 4. The lowest BCUT2D eigenvalue weighted by molar-refractivity contribution is 0.600.